The Kier molecular flexibility index (Phi) is 5.01. The molecular weight excluding hydrogens is 310 g/mol. The maximum Gasteiger partial charge on any atom is 0.344 e. The molecule has 1 aromatic carbocycles. The van der Waals surface area contributed by atoms with Crippen LogP contribution >= 0.6 is 0 Å². The van der Waals surface area contributed by atoms with Crippen LogP contribution in [0.25, 0.3) is 0 Å². The third kappa shape index (κ3) is 3.09. The van der Waals surface area contributed by atoms with E-state index in [4.69, 9.17) is 9.57 Å². The summed E-state index contributed by atoms with van der Waals surface area (Å²) in [7, 11) is 1.61. The zero-order chi connectivity index (χ0) is 17.1. The van der Waals surface area contributed by atoms with E-state index in [0.717, 1.165) is 5.56 Å². The fraction of sp³-hybridized carbons (Fsp3) is 0.529. The van der Waals surface area contributed by atoms with Crippen molar-refractivity contribution in [3.8, 4) is 0 Å². The van der Waals surface area contributed by atoms with Gasteiger partial charge in [-0.1, -0.05) is 30.3 Å². The van der Waals surface area contributed by atoms with Crippen molar-refractivity contribution >= 4 is 11.9 Å². The fourth-order valence-electron chi connectivity index (χ4n) is 3.43. The molecule has 7 nitrogen and oxygen atoms in total. The number of likely N-dealkylation sites (N-methyl/N-ethyl adjacent to an activating group) is 1. The van der Waals surface area contributed by atoms with Crippen LogP contribution in [0.4, 0.5) is 4.79 Å². The highest BCUT2D eigenvalue weighted by atomic mass is 16.7. The first-order valence-corrected chi connectivity index (χ1v) is 8.20. The normalized spacial score (nSPS) is 26.5. The summed E-state index contributed by atoms with van der Waals surface area (Å²) >= 11 is 0. The number of hydrogen-bond acceptors (Lipinski definition) is 4. The molecule has 0 aliphatic carbocycles. The number of hydroxylamine groups is 2. The molecule has 7 heteroatoms. The quantitative estimate of drug-likeness (QED) is 0.843. The summed E-state index contributed by atoms with van der Waals surface area (Å²) in [5, 5.41) is 4.31. The Morgan fingerprint density at radius 1 is 1.25 bits per heavy atom. The zero-order valence-electron chi connectivity index (χ0n) is 14.0. The van der Waals surface area contributed by atoms with Gasteiger partial charge in [-0.3, -0.25) is 9.63 Å². The maximum absolute atomic E-state index is 12.6. The van der Waals surface area contributed by atoms with Crippen molar-refractivity contribution in [2.45, 2.75) is 25.6 Å². The van der Waals surface area contributed by atoms with Gasteiger partial charge in [0.15, 0.2) is 0 Å². The van der Waals surface area contributed by atoms with Crippen molar-refractivity contribution < 1.29 is 19.2 Å². The molecule has 0 radical (unpaired) electrons. The highest BCUT2D eigenvalue weighted by Crippen LogP contribution is 2.29. The number of rotatable bonds is 6. The van der Waals surface area contributed by atoms with E-state index in [0.29, 0.717) is 26.3 Å². The number of methoxy groups -OCH3 is 1. The topological polar surface area (TPSA) is 71.1 Å². The minimum absolute atomic E-state index is 0.0501. The van der Waals surface area contributed by atoms with Gasteiger partial charge in [-0.05, 0) is 12.5 Å². The van der Waals surface area contributed by atoms with Gasteiger partial charge >= 0.3 is 6.03 Å². The lowest BCUT2D eigenvalue weighted by Crippen LogP contribution is -2.60. The van der Waals surface area contributed by atoms with Gasteiger partial charge in [0.2, 0.25) is 5.91 Å². The molecule has 2 fully saturated rings. The Morgan fingerprint density at radius 2 is 2.00 bits per heavy atom. The maximum atomic E-state index is 12.6. The van der Waals surface area contributed by atoms with E-state index in [1.54, 1.807) is 12.0 Å². The Bertz CT molecular complexity index is 595. The van der Waals surface area contributed by atoms with E-state index in [-0.39, 0.29) is 23.9 Å². The van der Waals surface area contributed by atoms with Gasteiger partial charge in [-0.2, -0.15) is 0 Å². The van der Waals surface area contributed by atoms with Crippen molar-refractivity contribution in [3.05, 3.63) is 35.9 Å². The minimum atomic E-state index is -0.445. The fourth-order valence-corrected chi connectivity index (χ4v) is 3.43. The van der Waals surface area contributed by atoms with E-state index in [9.17, 15) is 9.59 Å². The van der Waals surface area contributed by atoms with Crippen LogP contribution in [0.2, 0.25) is 0 Å². The summed E-state index contributed by atoms with van der Waals surface area (Å²) in [5.74, 6) is -0.161. The van der Waals surface area contributed by atoms with Crippen LogP contribution in [-0.2, 0) is 21.0 Å². The number of amides is 3. The van der Waals surface area contributed by atoms with Gasteiger partial charge < -0.3 is 15.0 Å². The third-order valence-corrected chi connectivity index (χ3v) is 4.61. The smallest absolute Gasteiger partial charge is 0.344 e. The number of fused-ring (bicyclic) bond motifs is 1. The predicted octanol–water partition coefficient (Wildman–Crippen LogP) is 1.01. The van der Waals surface area contributed by atoms with Crippen LogP contribution in [0.1, 0.15) is 12.5 Å². The molecule has 0 aromatic heterocycles. The number of ether oxygens (including phenoxy) is 1. The van der Waals surface area contributed by atoms with Crippen LogP contribution in [0.5, 0.6) is 0 Å². The van der Waals surface area contributed by atoms with Crippen molar-refractivity contribution in [1.29, 1.82) is 0 Å². The lowest BCUT2D eigenvalue weighted by molar-refractivity contribution is -0.164. The largest absolute Gasteiger partial charge is 0.383 e. The molecule has 3 atom stereocenters. The van der Waals surface area contributed by atoms with Crippen LogP contribution in [0, 0.1) is 5.92 Å². The standard InChI is InChI=1S/C17H23N3O4/c1-3-19-15-13(14(11-23-2)18-16(15)21)9-20(17(19)22)24-10-12-7-5-4-6-8-12/h4-8,13-15H,3,9-11H2,1-2H3,(H,18,21)/t13-,14-,15-/m0/s1. The lowest BCUT2D eigenvalue weighted by atomic mass is 9.93. The van der Waals surface area contributed by atoms with Crippen molar-refractivity contribution in [3.63, 3.8) is 0 Å². The molecule has 0 spiro atoms. The summed E-state index contributed by atoms with van der Waals surface area (Å²) in [6.07, 6.45) is 0. The number of carbonyl (C=O) groups excluding carboxylic acids is 2. The first kappa shape index (κ1) is 16.7. The number of urea groups is 1. The highest BCUT2D eigenvalue weighted by molar-refractivity contribution is 5.90. The molecule has 2 heterocycles. The number of carbonyl (C=O) groups is 2. The molecule has 2 aliphatic rings. The molecule has 0 saturated carbocycles. The molecule has 3 amide bonds. The van der Waals surface area contributed by atoms with E-state index >= 15 is 0 Å². The first-order chi connectivity index (χ1) is 11.7. The first-order valence-electron chi connectivity index (χ1n) is 8.20. The summed E-state index contributed by atoms with van der Waals surface area (Å²) < 4.78 is 5.21. The molecule has 3 rings (SSSR count). The van der Waals surface area contributed by atoms with Gasteiger partial charge in [-0.25, -0.2) is 9.86 Å². The summed E-state index contributed by atoms with van der Waals surface area (Å²) in [5.41, 5.74) is 0.990. The Morgan fingerprint density at radius 3 is 2.67 bits per heavy atom. The summed E-state index contributed by atoms with van der Waals surface area (Å²) in [6.45, 7) is 3.44. The molecule has 1 aromatic rings. The molecule has 130 valence electrons. The molecule has 1 N–H and O–H groups in total. The van der Waals surface area contributed by atoms with Crippen LogP contribution < -0.4 is 5.32 Å². The zero-order valence-corrected chi connectivity index (χ0v) is 14.0. The second-order valence-corrected chi connectivity index (χ2v) is 6.07. The lowest BCUT2D eigenvalue weighted by Gasteiger charge is -2.41. The monoisotopic (exact) mass is 333 g/mol. The van der Waals surface area contributed by atoms with Gasteiger partial charge in [0.05, 0.1) is 19.2 Å². The molecule has 2 saturated heterocycles. The third-order valence-electron chi connectivity index (χ3n) is 4.61. The van der Waals surface area contributed by atoms with Crippen LogP contribution in [0.3, 0.4) is 0 Å². The molecule has 0 bridgehead atoms. The van der Waals surface area contributed by atoms with Gasteiger partial charge in [0, 0.05) is 19.6 Å². The predicted molar refractivity (Wildman–Crippen MR) is 86.8 cm³/mol. The number of nitrogens with zero attached hydrogens (tertiary/aromatic N) is 2. The van der Waals surface area contributed by atoms with E-state index < -0.39 is 6.04 Å². The number of hydrogen-bond donors (Lipinski definition) is 1. The van der Waals surface area contributed by atoms with E-state index in [1.165, 1.54) is 5.06 Å². The average molecular weight is 333 g/mol. The molecular formula is C17H23N3O4. The number of benzene rings is 1. The average Bonchev–Trinajstić information content (AvgIpc) is 2.90. The second kappa shape index (κ2) is 7.19. The molecule has 2 aliphatic heterocycles. The highest BCUT2D eigenvalue weighted by Gasteiger charge is 2.52. The van der Waals surface area contributed by atoms with Crippen LogP contribution in [-0.4, -0.2) is 60.8 Å². The van der Waals surface area contributed by atoms with Gasteiger partial charge in [-0.15, -0.1) is 0 Å². The van der Waals surface area contributed by atoms with Crippen molar-refractivity contribution in [1.82, 2.24) is 15.3 Å². The number of nitrogens with one attached hydrogen (secondary N) is 1. The van der Waals surface area contributed by atoms with Crippen molar-refractivity contribution in [2.24, 2.45) is 5.92 Å². The summed E-state index contributed by atoms with van der Waals surface area (Å²) in [6, 6.07) is 8.87. The minimum Gasteiger partial charge on any atom is -0.383 e. The second-order valence-electron chi connectivity index (χ2n) is 6.07. The molecule has 0 unspecified atom stereocenters. The SMILES string of the molecule is CCN1C(=O)N(OCc2ccccc2)C[C@H]2[C@H](COC)NC(=O)[C@H]21. The van der Waals surface area contributed by atoms with E-state index in [1.807, 2.05) is 37.3 Å². The van der Waals surface area contributed by atoms with Crippen molar-refractivity contribution in [2.75, 3.05) is 26.8 Å². The van der Waals surface area contributed by atoms with E-state index in [2.05, 4.69) is 5.32 Å². The Labute approximate surface area is 141 Å². The van der Waals surface area contributed by atoms with Gasteiger partial charge in [0.25, 0.3) is 0 Å². The van der Waals surface area contributed by atoms with Crippen LogP contribution in [0.15, 0.2) is 30.3 Å². The summed E-state index contributed by atoms with van der Waals surface area (Å²) in [4.78, 5) is 32.2. The Hall–Kier alpha value is -2.12. The molecule has 24 heavy (non-hydrogen) atoms. The van der Waals surface area contributed by atoms with Gasteiger partial charge in [0.1, 0.15) is 12.6 Å². The Balaban J connectivity index is 1.74.